The maximum absolute atomic E-state index is 13.3. The first-order valence-corrected chi connectivity index (χ1v) is 8.43. The first kappa shape index (κ1) is 18.9. The lowest BCUT2D eigenvalue weighted by atomic mass is 9.66. The number of nitrogens with zero attached hydrogens (tertiary/aromatic N) is 2. The van der Waals surface area contributed by atoms with E-state index in [1.54, 1.807) is 0 Å². The van der Waals surface area contributed by atoms with Crippen LogP contribution in [0.25, 0.3) is 0 Å². The van der Waals surface area contributed by atoms with Crippen molar-refractivity contribution in [1.29, 1.82) is 5.26 Å². The molecule has 2 N–H and O–H groups in total. The largest absolute Gasteiger partial charge is 0.417 e. The Hall–Kier alpha value is -2.48. The average Bonchev–Trinajstić information content (AvgIpc) is 3.10. The first-order valence-electron chi connectivity index (χ1n) is 8.43. The molecule has 3 saturated heterocycles. The van der Waals surface area contributed by atoms with Crippen LogP contribution in [0.15, 0.2) is 18.2 Å². The highest BCUT2D eigenvalue weighted by molar-refractivity contribution is 6.23. The van der Waals surface area contributed by atoms with E-state index in [4.69, 9.17) is 10.00 Å². The third-order valence-electron chi connectivity index (χ3n) is 6.14. The Morgan fingerprint density at radius 3 is 2.04 bits per heavy atom. The Bertz CT molecular complexity index is 920. The minimum absolute atomic E-state index is 0.327. The van der Waals surface area contributed by atoms with Gasteiger partial charge in [-0.15, -0.1) is 0 Å². The van der Waals surface area contributed by atoms with Gasteiger partial charge >= 0.3 is 6.18 Å². The molecule has 3 aliphatic heterocycles. The summed E-state index contributed by atoms with van der Waals surface area (Å²) in [7, 11) is 0. The molecule has 3 heterocycles. The molecule has 0 aliphatic carbocycles. The summed E-state index contributed by atoms with van der Waals surface area (Å²) in [6, 6.07) is 4.00. The molecule has 0 spiro atoms. The van der Waals surface area contributed by atoms with Crippen LogP contribution >= 0.6 is 0 Å². The number of nitriles is 1. The minimum atomic E-state index is -4.85. The van der Waals surface area contributed by atoms with E-state index in [0.717, 1.165) is 12.1 Å². The summed E-state index contributed by atoms with van der Waals surface area (Å²) in [6.07, 6.45) is -7.71. The number of aliphatic hydroxyl groups is 2. The number of imide groups is 1. The summed E-state index contributed by atoms with van der Waals surface area (Å²) < 4.78 is 45.5. The molecule has 0 saturated carbocycles. The van der Waals surface area contributed by atoms with Crippen molar-refractivity contribution in [3.05, 3.63) is 29.3 Å². The van der Waals surface area contributed by atoms with E-state index in [1.165, 1.54) is 19.9 Å². The topological polar surface area (TPSA) is 111 Å². The van der Waals surface area contributed by atoms with Gasteiger partial charge in [0.15, 0.2) is 0 Å². The zero-order chi connectivity index (χ0) is 20.8. The Morgan fingerprint density at radius 1 is 1.11 bits per heavy atom. The van der Waals surface area contributed by atoms with Gasteiger partial charge in [-0.05, 0) is 32.0 Å². The van der Waals surface area contributed by atoms with Crippen molar-refractivity contribution in [3.63, 3.8) is 0 Å². The minimum Gasteiger partial charge on any atom is -0.387 e. The number of hydrogen-bond acceptors (Lipinski definition) is 6. The molecular weight excluding hydrogens is 381 g/mol. The molecule has 10 heteroatoms. The molecule has 28 heavy (non-hydrogen) atoms. The fourth-order valence-electron chi connectivity index (χ4n) is 4.80. The highest BCUT2D eigenvalue weighted by Gasteiger charge is 2.79. The smallest absolute Gasteiger partial charge is 0.387 e. The van der Waals surface area contributed by atoms with Gasteiger partial charge in [0.05, 0.1) is 34.7 Å². The Labute approximate surface area is 156 Å². The predicted molar refractivity (Wildman–Crippen MR) is 85.5 cm³/mol. The van der Waals surface area contributed by atoms with E-state index >= 15 is 0 Å². The summed E-state index contributed by atoms with van der Waals surface area (Å²) in [5, 5.41) is 29.5. The van der Waals surface area contributed by atoms with Crippen molar-refractivity contribution in [2.45, 2.75) is 43.4 Å². The van der Waals surface area contributed by atoms with Crippen LogP contribution in [0.4, 0.5) is 18.9 Å². The number of benzene rings is 1. The lowest BCUT2D eigenvalue weighted by Gasteiger charge is -2.35. The van der Waals surface area contributed by atoms with Gasteiger partial charge in [0.25, 0.3) is 0 Å². The third-order valence-corrected chi connectivity index (χ3v) is 6.14. The molecule has 3 aliphatic rings. The lowest BCUT2D eigenvalue weighted by Crippen LogP contribution is -2.57. The molecule has 1 aromatic carbocycles. The van der Waals surface area contributed by atoms with Crippen LogP contribution < -0.4 is 4.90 Å². The normalized spacial score (nSPS) is 39.4. The number of rotatable bonds is 1. The number of carbonyl (C=O) groups excluding carboxylic acids is 2. The molecule has 2 amide bonds. The van der Waals surface area contributed by atoms with Crippen molar-refractivity contribution in [3.8, 4) is 6.07 Å². The van der Waals surface area contributed by atoms with Crippen LogP contribution in [0.3, 0.4) is 0 Å². The molecule has 0 radical (unpaired) electrons. The quantitative estimate of drug-likeness (QED) is 0.685. The number of aliphatic hydroxyl groups excluding tert-OH is 2. The van der Waals surface area contributed by atoms with E-state index in [0.29, 0.717) is 11.0 Å². The van der Waals surface area contributed by atoms with Crippen molar-refractivity contribution < 1.29 is 37.7 Å². The molecule has 7 nitrogen and oxygen atoms in total. The molecule has 0 aromatic heterocycles. The fraction of sp³-hybridized carbons (Fsp3) is 0.500. The van der Waals surface area contributed by atoms with Gasteiger partial charge in [0, 0.05) is 0 Å². The number of ether oxygens (including phenoxy) is 1. The molecule has 1 aromatic rings. The average molecular weight is 396 g/mol. The van der Waals surface area contributed by atoms with E-state index < -0.39 is 64.4 Å². The SMILES string of the molecule is CC12OC(C)(C(O)C1O)C1C(=O)N(c3ccc(C#N)c(C(F)(F)F)c3)C(=O)C12. The number of alkyl halides is 3. The number of hydrogen-bond donors (Lipinski definition) is 2. The number of amides is 2. The predicted octanol–water partition coefficient (Wildman–Crippen LogP) is 0.966. The van der Waals surface area contributed by atoms with Gasteiger partial charge in [0.1, 0.15) is 23.4 Å². The van der Waals surface area contributed by atoms with Crippen LogP contribution in [-0.4, -0.2) is 45.4 Å². The maximum atomic E-state index is 13.3. The standard InChI is InChI=1S/C18H15F3N2O5/c1-16-10-11(17(2,28-16)13(25)12(16)24)15(27)23(14(10)26)8-4-3-7(6-22)9(5-8)18(19,20)21/h3-5,10-13,24-25H,1-2H3. The molecule has 2 bridgehead atoms. The van der Waals surface area contributed by atoms with Crippen LogP contribution in [0, 0.1) is 23.2 Å². The summed E-state index contributed by atoms with van der Waals surface area (Å²) in [4.78, 5) is 26.6. The molecule has 3 fully saturated rings. The molecule has 6 unspecified atom stereocenters. The zero-order valence-electron chi connectivity index (χ0n) is 14.7. The highest BCUT2D eigenvalue weighted by Crippen LogP contribution is 2.61. The second-order valence-electron chi connectivity index (χ2n) is 7.67. The van der Waals surface area contributed by atoms with Crippen molar-refractivity contribution >= 4 is 17.5 Å². The molecule has 148 valence electrons. The van der Waals surface area contributed by atoms with Crippen LogP contribution in [0.1, 0.15) is 25.0 Å². The fourth-order valence-corrected chi connectivity index (χ4v) is 4.80. The van der Waals surface area contributed by atoms with Gasteiger partial charge in [-0.1, -0.05) is 0 Å². The summed E-state index contributed by atoms with van der Waals surface area (Å²) in [5.74, 6) is -3.92. The van der Waals surface area contributed by atoms with E-state index in [-0.39, 0.29) is 5.69 Å². The number of carbonyl (C=O) groups is 2. The van der Waals surface area contributed by atoms with E-state index in [2.05, 4.69) is 0 Å². The van der Waals surface area contributed by atoms with Crippen LogP contribution in [-0.2, 0) is 20.5 Å². The second kappa shape index (κ2) is 5.31. The number of fused-ring (bicyclic) bond motifs is 5. The van der Waals surface area contributed by atoms with Gasteiger partial charge in [-0.25, -0.2) is 4.90 Å². The maximum Gasteiger partial charge on any atom is 0.417 e. The van der Waals surface area contributed by atoms with Crippen molar-refractivity contribution in [2.75, 3.05) is 4.90 Å². The Morgan fingerprint density at radius 2 is 1.61 bits per heavy atom. The summed E-state index contributed by atoms with van der Waals surface area (Å²) in [6.45, 7) is 2.79. The van der Waals surface area contributed by atoms with Gasteiger partial charge in [0.2, 0.25) is 11.8 Å². The van der Waals surface area contributed by atoms with Crippen LogP contribution in [0.2, 0.25) is 0 Å². The third kappa shape index (κ3) is 2.04. The van der Waals surface area contributed by atoms with Crippen molar-refractivity contribution in [2.24, 2.45) is 11.8 Å². The second-order valence-corrected chi connectivity index (χ2v) is 7.67. The van der Waals surface area contributed by atoms with Gasteiger partial charge < -0.3 is 14.9 Å². The summed E-state index contributed by atoms with van der Waals surface area (Å²) >= 11 is 0. The van der Waals surface area contributed by atoms with Crippen LogP contribution in [0.5, 0.6) is 0 Å². The van der Waals surface area contributed by atoms with Gasteiger partial charge in [-0.2, -0.15) is 18.4 Å². The highest BCUT2D eigenvalue weighted by atomic mass is 19.4. The Kier molecular flexibility index (Phi) is 3.58. The Balaban J connectivity index is 1.82. The van der Waals surface area contributed by atoms with E-state index in [1.807, 2.05) is 0 Å². The molecule has 6 atom stereocenters. The van der Waals surface area contributed by atoms with Crippen molar-refractivity contribution in [1.82, 2.24) is 0 Å². The monoisotopic (exact) mass is 396 g/mol. The zero-order valence-corrected chi connectivity index (χ0v) is 14.7. The molecular formula is C18H15F3N2O5. The number of anilines is 1. The lowest BCUT2D eigenvalue weighted by molar-refractivity contribution is -0.138. The van der Waals surface area contributed by atoms with Gasteiger partial charge in [-0.3, -0.25) is 9.59 Å². The number of halogens is 3. The first-order chi connectivity index (χ1) is 12.9. The molecule has 4 rings (SSSR count). The van der Waals surface area contributed by atoms with E-state index in [9.17, 15) is 33.0 Å². The summed E-state index contributed by atoms with van der Waals surface area (Å²) in [5.41, 5.74) is -5.31.